The summed E-state index contributed by atoms with van der Waals surface area (Å²) in [6, 6.07) is 13.0. The van der Waals surface area contributed by atoms with Gasteiger partial charge in [0.1, 0.15) is 5.75 Å². The molecule has 0 bridgehead atoms. The van der Waals surface area contributed by atoms with E-state index < -0.39 is 0 Å². The number of aryl methyl sites for hydroxylation is 2. The second-order valence-electron chi connectivity index (χ2n) is 6.38. The molecule has 0 saturated heterocycles. The molecule has 0 spiro atoms. The molecule has 26 heavy (non-hydrogen) atoms. The molecule has 0 radical (unpaired) electrons. The van der Waals surface area contributed by atoms with E-state index in [9.17, 15) is 9.59 Å². The van der Waals surface area contributed by atoms with Gasteiger partial charge >= 0.3 is 0 Å². The van der Waals surface area contributed by atoms with Crippen LogP contribution in [-0.2, 0) is 6.42 Å². The fourth-order valence-electron chi connectivity index (χ4n) is 2.84. The van der Waals surface area contributed by atoms with Gasteiger partial charge in [0.05, 0.1) is 7.11 Å². The first-order chi connectivity index (χ1) is 12.5. The van der Waals surface area contributed by atoms with Gasteiger partial charge in [0.2, 0.25) is 0 Å². The van der Waals surface area contributed by atoms with Crippen LogP contribution < -0.4 is 15.6 Å². The van der Waals surface area contributed by atoms with Crippen molar-refractivity contribution in [1.29, 1.82) is 0 Å². The fraction of sp³-hybridized carbons (Fsp3) is 0.238. The molecule has 3 rings (SSSR count). The number of rotatable bonds is 5. The lowest BCUT2D eigenvalue weighted by Crippen LogP contribution is -2.27. The molecule has 1 amide bonds. The van der Waals surface area contributed by atoms with Crippen LogP contribution >= 0.6 is 0 Å². The number of ether oxygens (including phenoxy) is 1. The van der Waals surface area contributed by atoms with Crippen LogP contribution in [0.5, 0.6) is 5.75 Å². The number of benzene rings is 2. The Morgan fingerprint density at radius 2 is 1.88 bits per heavy atom. The Hall–Kier alpha value is -3.08. The summed E-state index contributed by atoms with van der Waals surface area (Å²) >= 11 is 0. The number of hydrogen-bond acceptors (Lipinski definition) is 3. The highest BCUT2D eigenvalue weighted by Crippen LogP contribution is 2.18. The van der Waals surface area contributed by atoms with Gasteiger partial charge in [-0.25, -0.2) is 0 Å². The zero-order chi connectivity index (χ0) is 18.7. The number of carbonyl (C=O) groups excluding carboxylic acids is 1. The molecular formula is C21H22N2O3. The minimum Gasteiger partial charge on any atom is -0.497 e. The summed E-state index contributed by atoms with van der Waals surface area (Å²) in [5.41, 5.74) is 4.12. The van der Waals surface area contributed by atoms with E-state index >= 15 is 0 Å². The predicted octanol–water partition coefficient (Wildman–Crippen LogP) is 3.13. The van der Waals surface area contributed by atoms with E-state index in [1.165, 1.54) is 0 Å². The normalized spacial score (nSPS) is 10.7. The number of hydrogen-bond donors (Lipinski definition) is 2. The van der Waals surface area contributed by atoms with Crippen LogP contribution in [0.4, 0.5) is 0 Å². The second-order valence-corrected chi connectivity index (χ2v) is 6.38. The number of fused-ring (bicyclic) bond motifs is 1. The molecule has 5 nitrogen and oxygen atoms in total. The SMILES string of the molecule is COc1ccc2[nH]c(=O)c(CCNC(=O)c3ccc(C)c(C)c3)cc2c1. The van der Waals surface area contributed by atoms with Crippen LogP contribution in [0.15, 0.2) is 47.3 Å². The van der Waals surface area contributed by atoms with E-state index in [0.717, 1.165) is 27.8 Å². The third-order valence-corrected chi connectivity index (χ3v) is 4.58. The average molecular weight is 350 g/mol. The third kappa shape index (κ3) is 3.77. The lowest BCUT2D eigenvalue weighted by Gasteiger charge is -2.08. The number of methoxy groups -OCH3 is 1. The molecule has 0 atom stereocenters. The van der Waals surface area contributed by atoms with E-state index in [0.29, 0.717) is 24.1 Å². The molecule has 0 aliphatic heterocycles. The molecule has 0 aliphatic rings. The molecule has 0 fully saturated rings. The molecule has 2 N–H and O–H groups in total. The van der Waals surface area contributed by atoms with E-state index in [1.54, 1.807) is 7.11 Å². The topological polar surface area (TPSA) is 71.2 Å². The third-order valence-electron chi connectivity index (χ3n) is 4.58. The van der Waals surface area contributed by atoms with Crippen LogP contribution in [0.3, 0.4) is 0 Å². The van der Waals surface area contributed by atoms with Crippen molar-refractivity contribution in [2.24, 2.45) is 0 Å². The number of H-pyrrole nitrogens is 1. The Balaban J connectivity index is 1.70. The van der Waals surface area contributed by atoms with Gasteiger partial charge < -0.3 is 15.0 Å². The van der Waals surface area contributed by atoms with Crippen molar-refractivity contribution in [3.8, 4) is 5.75 Å². The number of aromatic amines is 1. The minimum absolute atomic E-state index is 0.132. The van der Waals surface area contributed by atoms with Gasteiger partial charge in [-0.3, -0.25) is 9.59 Å². The summed E-state index contributed by atoms with van der Waals surface area (Å²) in [4.78, 5) is 27.4. The van der Waals surface area contributed by atoms with Gasteiger partial charge in [-0.15, -0.1) is 0 Å². The van der Waals surface area contributed by atoms with Crippen molar-refractivity contribution in [2.75, 3.05) is 13.7 Å². The first kappa shape index (κ1) is 17.7. The Bertz CT molecular complexity index is 1020. The molecule has 5 heteroatoms. The maximum atomic E-state index is 12.3. The summed E-state index contributed by atoms with van der Waals surface area (Å²) in [6.07, 6.45) is 0.457. The first-order valence-electron chi connectivity index (χ1n) is 8.53. The summed E-state index contributed by atoms with van der Waals surface area (Å²) in [6.45, 7) is 4.39. The highest BCUT2D eigenvalue weighted by Gasteiger charge is 2.08. The molecule has 0 unspecified atom stereocenters. The quantitative estimate of drug-likeness (QED) is 0.743. The van der Waals surface area contributed by atoms with Crippen molar-refractivity contribution in [3.05, 3.63) is 75.1 Å². The Morgan fingerprint density at radius 1 is 1.08 bits per heavy atom. The molecular weight excluding hydrogens is 328 g/mol. The number of nitrogens with one attached hydrogen (secondary N) is 2. The maximum Gasteiger partial charge on any atom is 0.251 e. The zero-order valence-electron chi connectivity index (χ0n) is 15.2. The number of aromatic nitrogens is 1. The van der Waals surface area contributed by atoms with E-state index in [4.69, 9.17) is 4.74 Å². The summed E-state index contributed by atoms with van der Waals surface area (Å²) in [7, 11) is 1.61. The Kier molecular flexibility index (Phi) is 5.07. The van der Waals surface area contributed by atoms with Crippen LogP contribution in [0.25, 0.3) is 10.9 Å². The molecule has 3 aromatic rings. The number of amides is 1. The molecule has 0 saturated carbocycles. The second kappa shape index (κ2) is 7.44. The van der Waals surface area contributed by atoms with Crippen molar-refractivity contribution in [3.63, 3.8) is 0 Å². The average Bonchev–Trinajstić information content (AvgIpc) is 2.63. The predicted molar refractivity (Wildman–Crippen MR) is 103 cm³/mol. The highest BCUT2D eigenvalue weighted by atomic mass is 16.5. The fourth-order valence-corrected chi connectivity index (χ4v) is 2.84. The molecule has 1 aromatic heterocycles. The number of carbonyl (C=O) groups is 1. The monoisotopic (exact) mass is 350 g/mol. The molecule has 2 aromatic carbocycles. The van der Waals surface area contributed by atoms with Crippen molar-refractivity contribution >= 4 is 16.8 Å². The smallest absolute Gasteiger partial charge is 0.251 e. The van der Waals surface area contributed by atoms with Gasteiger partial charge in [-0.2, -0.15) is 0 Å². The van der Waals surface area contributed by atoms with Gasteiger partial charge in [0.15, 0.2) is 0 Å². The van der Waals surface area contributed by atoms with E-state index in [1.807, 2.05) is 56.3 Å². The largest absolute Gasteiger partial charge is 0.497 e. The maximum absolute atomic E-state index is 12.3. The van der Waals surface area contributed by atoms with Gasteiger partial charge in [-0.05, 0) is 67.8 Å². The first-order valence-corrected chi connectivity index (χ1v) is 8.53. The van der Waals surface area contributed by atoms with Crippen LogP contribution in [-0.4, -0.2) is 24.5 Å². The zero-order valence-corrected chi connectivity index (χ0v) is 15.2. The Labute approximate surface area is 152 Å². The van der Waals surface area contributed by atoms with Crippen LogP contribution in [0.2, 0.25) is 0 Å². The van der Waals surface area contributed by atoms with E-state index in [-0.39, 0.29) is 11.5 Å². The molecule has 0 aliphatic carbocycles. The van der Waals surface area contributed by atoms with Crippen LogP contribution in [0.1, 0.15) is 27.0 Å². The van der Waals surface area contributed by atoms with E-state index in [2.05, 4.69) is 10.3 Å². The molecule has 1 heterocycles. The lowest BCUT2D eigenvalue weighted by atomic mass is 10.1. The minimum atomic E-state index is -0.136. The van der Waals surface area contributed by atoms with Crippen molar-refractivity contribution < 1.29 is 9.53 Å². The van der Waals surface area contributed by atoms with Gasteiger partial charge in [0.25, 0.3) is 11.5 Å². The Morgan fingerprint density at radius 3 is 2.62 bits per heavy atom. The van der Waals surface area contributed by atoms with Gasteiger partial charge in [-0.1, -0.05) is 6.07 Å². The highest BCUT2D eigenvalue weighted by molar-refractivity contribution is 5.94. The van der Waals surface area contributed by atoms with Crippen molar-refractivity contribution in [2.45, 2.75) is 20.3 Å². The van der Waals surface area contributed by atoms with Crippen LogP contribution in [0, 0.1) is 13.8 Å². The summed E-state index contributed by atoms with van der Waals surface area (Å²) in [5.74, 6) is 0.602. The standard InChI is InChI=1S/C21H22N2O3/c1-13-4-5-15(10-14(13)2)20(24)22-9-8-16-11-17-12-18(26-3)6-7-19(17)23-21(16)25/h4-7,10-12H,8-9H2,1-3H3,(H,22,24)(H,23,25). The summed E-state index contributed by atoms with van der Waals surface area (Å²) in [5, 5.41) is 3.78. The van der Waals surface area contributed by atoms with Gasteiger partial charge in [0, 0.05) is 28.6 Å². The van der Waals surface area contributed by atoms with Crippen molar-refractivity contribution in [1.82, 2.24) is 10.3 Å². The number of pyridine rings is 1. The molecule has 134 valence electrons. The lowest BCUT2D eigenvalue weighted by molar-refractivity contribution is 0.0954. The summed E-state index contributed by atoms with van der Waals surface area (Å²) < 4.78 is 5.22.